The predicted octanol–water partition coefficient (Wildman–Crippen LogP) is 2.07. The SMILES string of the molecule is CNCC(=O)c1cc(C(F)(F)F)ccc1NC(C)=O. The van der Waals surface area contributed by atoms with E-state index in [0.29, 0.717) is 0 Å². The van der Waals surface area contributed by atoms with Crippen molar-refractivity contribution in [2.24, 2.45) is 0 Å². The zero-order valence-corrected chi connectivity index (χ0v) is 10.4. The van der Waals surface area contributed by atoms with Gasteiger partial charge in [0.1, 0.15) is 0 Å². The number of benzene rings is 1. The summed E-state index contributed by atoms with van der Waals surface area (Å²) in [4.78, 5) is 22.7. The molecule has 0 aliphatic carbocycles. The van der Waals surface area contributed by atoms with Crippen molar-refractivity contribution in [2.75, 3.05) is 18.9 Å². The number of hydrogen-bond acceptors (Lipinski definition) is 3. The Bertz CT molecular complexity index is 498. The summed E-state index contributed by atoms with van der Waals surface area (Å²) in [6.07, 6.45) is -4.54. The van der Waals surface area contributed by atoms with Gasteiger partial charge in [0.05, 0.1) is 17.8 Å². The molecule has 1 aromatic carbocycles. The number of amides is 1. The molecule has 0 unspecified atom stereocenters. The number of carbonyl (C=O) groups excluding carboxylic acids is 2. The number of halogens is 3. The Hall–Kier alpha value is -1.89. The van der Waals surface area contributed by atoms with E-state index in [1.54, 1.807) is 0 Å². The number of carbonyl (C=O) groups is 2. The molecule has 0 aliphatic heterocycles. The van der Waals surface area contributed by atoms with E-state index in [9.17, 15) is 22.8 Å². The van der Waals surface area contributed by atoms with Crippen LogP contribution in [0.15, 0.2) is 18.2 Å². The minimum Gasteiger partial charge on any atom is -0.326 e. The maximum atomic E-state index is 12.6. The molecule has 0 saturated carbocycles. The summed E-state index contributed by atoms with van der Waals surface area (Å²) in [7, 11) is 1.50. The molecule has 0 heterocycles. The number of Topliss-reactive ketones (excluding diaryl/α,β-unsaturated/α-hetero) is 1. The largest absolute Gasteiger partial charge is 0.416 e. The zero-order chi connectivity index (χ0) is 14.6. The lowest BCUT2D eigenvalue weighted by Crippen LogP contribution is -2.21. The molecular formula is C12H13F3N2O2. The molecule has 19 heavy (non-hydrogen) atoms. The zero-order valence-electron chi connectivity index (χ0n) is 10.4. The van der Waals surface area contributed by atoms with Crippen molar-refractivity contribution in [2.45, 2.75) is 13.1 Å². The highest BCUT2D eigenvalue weighted by molar-refractivity contribution is 6.05. The lowest BCUT2D eigenvalue weighted by atomic mass is 10.0. The quantitative estimate of drug-likeness (QED) is 0.826. The van der Waals surface area contributed by atoms with Gasteiger partial charge in [-0.05, 0) is 25.2 Å². The molecule has 0 saturated heterocycles. The molecule has 0 aromatic heterocycles. The minimum absolute atomic E-state index is 0.0701. The van der Waals surface area contributed by atoms with E-state index in [1.807, 2.05) is 0 Å². The predicted molar refractivity (Wildman–Crippen MR) is 64.0 cm³/mol. The first-order valence-electron chi connectivity index (χ1n) is 5.42. The van der Waals surface area contributed by atoms with Crippen LogP contribution in [-0.2, 0) is 11.0 Å². The summed E-state index contributed by atoms with van der Waals surface area (Å²) in [5.74, 6) is -0.990. The summed E-state index contributed by atoms with van der Waals surface area (Å²) in [6.45, 7) is 1.10. The third-order valence-electron chi connectivity index (χ3n) is 2.30. The van der Waals surface area contributed by atoms with Crippen LogP contribution in [0.3, 0.4) is 0 Å². The van der Waals surface area contributed by atoms with Gasteiger partial charge in [-0.15, -0.1) is 0 Å². The van der Waals surface area contributed by atoms with Gasteiger partial charge in [0.25, 0.3) is 0 Å². The Balaban J connectivity index is 3.25. The van der Waals surface area contributed by atoms with E-state index in [2.05, 4.69) is 10.6 Å². The van der Waals surface area contributed by atoms with Crippen LogP contribution in [0, 0.1) is 0 Å². The normalized spacial score (nSPS) is 11.2. The first kappa shape index (κ1) is 15.2. The molecule has 104 valence electrons. The van der Waals surface area contributed by atoms with E-state index >= 15 is 0 Å². The molecular weight excluding hydrogens is 261 g/mol. The molecule has 0 atom stereocenters. The van der Waals surface area contributed by atoms with Crippen molar-refractivity contribution in [1.82, 2.24) is 5.32 Å². The van der Waals surface area contributed by atoms with Crippen LogP contribution in [0.1, 0.15) is 22.8 Å². The highest BCUT2D eigenvalue weighted by atomic mass is 19.4. The van der Waals surface area contributed by atoms with Crippen LogP contribution < -0.4 is 10.6 Å². The average Bonchev–Trinajstić information content (AvgIpc) is 2.27. The topological polar surface area (TPSA) is 58.2 Å². The third-order valence-corrected chi connectivity index (χ3v) is 2.30. The van der Waals surface area contributed by atoms with Gasteiger partial charge in [-0.2, -0.15) is 13.2 Å². The summed E-state index contributed by atoms with van der Waals surface area (Å²) in [5, 5.41) is 4.90. The number of hydrogen-bond donors (Lipinski definition) is 2. The van der Waals surface area contributed by atoms with E-state index in [0.717, 1.165) is 18.2 Å². The van der Waals surface area contributed by atoms with Gasteiger partial charge in [-0.25, -0.2) is 0 Å². The van der Waals surface area contributed by atoms with Gasteiger partial charge >= 0.3 is 6.18 Å². The molecule has 0 radical (unpaired) electrons. The Kier molecular flexibility index (Phi) is 4.66. The molecule has 4 nitrogen and oxygen atoms in total. The number of nitrogens with one attached hydrogen (secondary N) is 2. The number of likely N-dealkylation sites (N-methyl/N-ethyl adjacent to an activating group) is 1. The second kappa shape index (κ2) is 5.83. The maximum Gasteiger partial charge on any atom is 0.416 e. The van der Waals surface area contributed by atoms with Gasteiger partial charge in [-0.3, -0.25) is 9.59 Å². The summed E-state index contributed by atoms with van der Waals surface area (Å²) in [5.41, 5.74) is -1.03. The monoisotopic (exact) mass is 274 g/mol. The van der Waals surface area contributed by atoms with E-state index < -0.39 is 23.4 Å². The fraction of sp³-hybridized carbons (Fsp3) is 0.333. The van der Waals surface area contributed by atoms with Crippen LogP contribution in [0.25, 0.3) is 0 Å². The lowest BCUT2D eigenvalue weighted by molar-refractivity contribution is -0.137. The van der Waals surface area contributed by atoms with E-state index in [1.165, 1.54) is 14.0 Å². The Morgan fingerprint density at radius 1 is 1.26 bits per heavy atom. The Morgan fingerprint density at radius 3 is 2.37 bits per heavy atom. The average molecular weight is 274 g/mol. The van der Waals surface area contributed by atoms with Crippen molar-refractivity contribution < 1.29 is 22.8 Å². The number of anilines is 1. The highest BCUT2D eigenvalue weighted by Crippen LogP contribution is 2.32. The smallest absolute Gasteiger partial charge is 0.326 e. The minimum atomic E-state index is -4.54. The molecule has 7 heteroatoms. The fourth-order valence-corrected chi connectivity index (χ4v) is 1.51. The van der Waals surface area contributed by atoms with Crippen molar-refractivity contribution >= 4 is 17.4 Å². The third kappa shape index (κ3) is 4.06. The standard InChI is InChI=1S/C12H13F3N2O2/c1-7(18)17-10-4-3-8(12(13,14)15)5-9(10)11(19)6-16-2/h3-5,16H,6H2,1-2H3,(H,17,18). The van der Waals surface area contributed by atoms with Crippen molar-refractivity contribution in [1.29, 1.82) is 0 Å². The molecule has 0 aliphatic rings. The highest BCUT2D eigenvalue weighted by Gasteiger charge is 2.31. The Labute approximate surface area is 108 Å². The van der Waals surface area contributed by atoms with Crippen LogP contribution in [0.4, 0.5) is 18.9 Å². The van der Waals surface area contributed by atoms with Crippen LogP contribution in [0.5, 0.6) is 0 Å². The summed E-state index contributed by atoms with van der Waals surface area (Å²) >= 11 is 0. The maximum absolute atomic E-state index is 12.6. The van der Waals surface area contributed by atoms with Gasteiger partial charge in [0, 0.05) is 12.5 Å². The van der Waals surface area contributed by atoms with Gasteiger partial charge in [-0.1, -0.05) is 0 Å². The van der Waals surface area contributed by atoms with Crippen molar-refractivity contribution in [3.8, 4) is 0 Å². The molecule has 1 amide bonds. The second-order valence-corrected chi connectivity index (χ2v) is 3.89. The molecule has 0 spiro atoms. The molecule has 2 N–H and O–H groups in total. The number of rotatable bonds is 4. The molecule has 0 bridgehead atoms. The molecule has 1 rings (SSSR count). The molecule has 0 fully saturated rings. The molecule has 1 aromatic rings. The lowest BCUT2D eigenvalue weighted by Gasteiger charge is -2.13. The van der Waals surface area contributed by atoms with Gasteiger partial charge in [0.2, 0.25) is 5.91 Å². The second-order valence-electron chi connectivity index (χ2n) is 3.89. The Morgan fingerprint density at radius 2 is 1.89 bits per heavy atom. The van der Waals surface area contributed by atoms with Crippen LogP contribution in [0.2, 0.25) is 0 Å². The van der Waals surface area contributed by atoms with Gasteiger partial charge < -0.3 is 10.6 Å². The van der Waals surface area contributed by atoms with Crippen molar-refractivity contribution in [3.05, 3.63) is 29.3 Å². The van der Waals surface area contributed by atoms with Crippen LogP contribution >= 0.6 is 0 Å². The summed E-state index contributed by atoms with van der Waals surface area (Å²) in [6, 6.07) is 2.64. The van der Waals surface area contributed by atoms with E-state index in [-0.39, 0.29) is 17.8 Å². The fourth-order valence-electron chi connectivity index (χ4n) is 1.51. The van der Waals surface area contributed by atoms with Crippen LogP contribution in [-0.4, -0.2) is 25.3 Å². The number of alkyl halides is 3. The first-order valence-corrected chi connectivity index (χ1v) is 5.42. The van der Waals surface area contributed by atoms with E-state index in [4.69, 9.17) is 0 Å². The summed E-state index contributed by atoms with van der Waals surface area (Å²) < 4.78 is 37.8. The van der Waals surface area contributed by atoms with Crippen molar-refractivity contribution in [3.63, 3.8) is 0 Å². The first-order chi connectivity index (χ1) is 8.75. The van der Waals surface area contributed by atoms with Gasteiger partial charge in [0.15, 0.2) is 5.78 Å². The number of ketones is 1.